The van der Waals surface area contributed by atoms with E-state index in [0.717, 1.165) is 45.6 Å². The van der Waals surface area contributed by atoms with E-state index in [1.165, 1.54) is 11.3 Å². The summed E-state index contributed by atoms with van der Waals surface area (Å²) in [5.74, 6) is 1.96. The number of hydrogen-bond donors (Lipinski definition) is 1. The molecule has 5 rings (SSSR count). The minimum absolute atomic E-state index is 0.115. The third-order valence-corrected chi connectivity index (χ3v) is 7.01. The SMILES string of the molecule is COc1cccc(-c2csc(N=Nc3c(O)n4c5c(cc(OC)cc35)C(C)CC4(C)C)n2)c1. The number of ether oxygens (including phenoxy) is 2. The number of aromatic hydroxyl groups is 1. The summed E-state index contributed by atoms with van der Waals surface area (Å²) in [6, 6.07) is 11.7. The molecule has 1 aliphatic heterocycles. The van der Waals surface area contributed by atoms with Crippen molar-refractivity contribution in [3.63, 3.8) is 0 Å². The Morgan fingerprint density at radius 1 is 1.12 bits per heavy atom. The van der Waals surface area contributed by atoms with Gasteiger partial charge in [-0.2, -0.15) is 0 Å². The summed E-state index contributed by atoms with van der Waals surface area (Å²) in [7, 11) is 3.29. The van der Waals surface area contributed by atoms with Crippen LogP contribution in [0.5, 0.6) is 17.4 Å². The largest absolute Gasteiger partial charge is 0.497 e. The Hall–Kier alpha value is -3.39. The summed E-state index contributed by atoms with van der Waals surface area (Å²) in [6.07, 6.45) is 0.900. The van der Waals surface area contributed by atoms with Crippen LogP contribution in [0.2, 0.25) is 0 Å². The molecule has 0 radical (unpaired) electrons. The molecule has 33 heavy (non-hydrogen) atoms. The number of benzene rings is 2. The van der Waals surface area contributed by atoms with E-state index in [1.54, 1.807) is 14.2 Å². The van der Waals surface area contributed by atoms with Crippen LogP contribution < -0.4 is 9.47 Å². The molecule has 2 aromatic heterocycles. The van der Waals surface area contributed by atoms with Crippen molar-refractivity contribution in [1.82, 2.24) is 9.55 Å². The molecule has 3 heterocycles. The zero-order valence-corrected chi connectivity index (χ0v) is 20.1. The molecular formula is C25H26N4O3S. The van der Waals surface area contributed by atoms with Crippen LogP contribution in [0.15, 0.2) is 52.0 Å². The smallest absolute Gasteiger partial charge is 0.230 e. The van der Waals surface area contributed by atoms with Crippen molar-refractivity contribution in [1.29, 1.82) is 0 Å². The van der Waals surface area contributed by atoms with Crippen molar-refractivity contribution >= 4 is 33.1 Å². The van der Waals surface area contributed by atoms with Gasteiger partial charge in [0.15, 0.2) is 5.69 Å². The van der Waals surface area contributed by atoms with E-state index in [2.05, 4.69) is 42.1 Å². The quantitative estimate of drug-likeness (QED) is 0.319. The molecule has 2 aromatic carbocycles. The van der Waals surface area contributed by atoms with Gasteiger partial charge in [-0.25, -0.2) is 4.98 Å². The van der Waals surface area contributed by atoms with Crippen molar-refractivity contribution in [3.8, 4) is 28.6 Å². The van der Waals surface area contributed by atoms with Crippen LogP contribution >= 0.6 is 11.3 Å². The molecule has 4 aromatic rings. The summed E-state index contributed by atoms with van der Waals surface area (Å²) in [6.45, 7) is 6.48. The summed E-state index contributed by atoms with van der Waals surface area (Å²) in [4.78, 5) is 4.60. The molecule has 1 unspecified atom stereocenters. The first-order valence-electron chi connectivity index (χ1n) is 10.8. The summed E-state index contributed by atoms with van der Waals surface area (Å²) in [5.41, 5.74) is 4.07. The van der Waals surface area contributed by atoms with E-state index in [4.69, 9.17) is 9.47 Å². The van der Waals surface area contributed by atoms with Crippen molar-refractivity contribution in [2.45, 2.75) is 38.6 Å². The molecule has 1 N–H and O–H groups in total. The van der Waals surface area contributed by atoms with Gasteiger partial charge < -0.3 is 19.1 Å². The Labute approximate surface area is 196 Å². The maximum absolute atomic E-state index is 11.2. The first-order chi connectivity index (χ1) is 15.8. The minimum Gasteiger partial charge on any atom is -0.497 e. The second kappa shape index (κ2) is 7.88. The maximum Gasteiger partial charge on any atom is 0.230 e. The molecule has 0 spiro atoms. The number of nitrogens with zero attached hydrogens (tertiary/aromatic N) is 4. The third kappa shape index (κ3) is 3.54. The van der Waals surface area contributed by atoms with Crippen molar-refractivity contribution < 1.29 is 14.6 Å². The van der Waals surface area contributed by atoms with E-state index in [-0.39, 0.29) is 11.4 Å². The monoisotopic (exact) mass is 462 g/mol. The lowest BCUT2D eigenvalue weighted by molar-refractivity contribution is 0.267. The standard InChI is InChI=1S/C25H26N4O3S/c1-14-12-25(2,3)29-22-18(14)10-17(32-5)11-19(22)21(23(29)30)27-28-24-26-20(13-33-24)15-7-6-8-16(9-15)31-4/h6-11,13-14,30H,12H2,1-5H3. The molecule has 0 saturated heterocycles. The second-order valence-electron chi connectivity index (χ2n) is 8.99. The molecule has 0 saturated carbocycles. The van der Waals surface area contributed by atoms with Crippen LogP contribution in [0.25, 0.3) is 22.2 Å². The van der Waals surface area contributed by atoms with Gasteiger partial charge in [0.05, 0.1) is 25.4 Å². The Morgan fingerprint density at radius 2 is 1.91 bits per heavy atom. The number of azo groups is 1. The normalized spacial score (nSPS) is 17.1. The van der Waals surface area contributed by atoms with Crippen LogP contribution in [0.4, 0.5) is 10.8 Å². The van der Waals surface area contributed by atoms with Crippen LogP contribution in [-0.4, -0.2) is 28.9 Å². The first-order valence-corrected chi connectivity index (χ1v) is 11.7. The van der Waals surface area contributed by atoms with E-state index in [1.807, 2.05) is 40.3 Å². The number of hydrogen-bond acceptors (Lipinski definition) is 7. The Balaban J connectivity index is 1.59. The van der Waals surface area contributed by atoms with Gasteiger partial charge in [0.1, 0.15) is 11.5 Å². The van der Waals surface area contributed by atoms with E-state index in [0.29, 0.717) is 16.7 Å². The van der Waals surface area contributed by atoms with Crippen molar-refractivity contribution in [3.05, 3.63) is 47.3 Å². The fraction of sp³-hybridized carbons (Fsp3) is 0.320. The highest BCUT2D eigenvalue weighted by Gasteiger charge is 2.37. The van der Waals surface area contributed by atoms with E-state index < -0.39 is 0 Å². The second-order valence-corrected chi connectivity index (χ2v) is 9.82. The number of aromatic nitrogens is 2. The highest BCUT2D eigenvalue weighted by Crippen LogP contribution is 2.52. The van der Waals surface area contributed by atoms with Gasteiger partial charge in [-0.3, -0.25) is 0 Å². The lowest BCUT2D eigenvalue weighted by Crippen LogP contribution is -2.31. The molecule has 0 fully saturated rings. The van der Waals surface area contributed by atoms with Gasteiger partial charge in [-0.1, -0.05) is 19.1 Å². The highest BCUT2D eigenvalue weighted by atomic mass is 32.1. The van der Waals surface area contributed by atoms with Gasteiger partial charge in [-0.15, -0.1) is 21.6 Å². The first kappa shape index (κ1) is 21.5. The summed E-state index contributed by atoms with van der Waals surface area (Å²) in [5, 5.41) is 23.3. The highest BCUT2D eigenvalue weighted by molar-refractivity contribution is 7.13. The topological polar surface area (TPSA) is 81.2 Å². The maximum atomic E-state index is 11.2. The van der Waals surface area contributed by atoms with E-state index >= 15 is 0 Å². The molecular weight excluding hydrogens is 436 g/mol. The average Bonchev–Trinajstić information content (AvgIpc) is 3.38. The lowest BCUT2D eigenvalue weighted by Gasteiger charge is -2.36. The molecule has 1 aliphatic rings. The predicted octanol–water partition coefficient (Wildman–Crippen LogP) is 7.15. The zero-order chi connectivity index (χ0) is 23.3. The molecule has 0 amide bonds. The van der Waals surface area contributed by atoms with E-state index in [9.17, 15) is 5.11 Å². The van der Waals surface area contributed by atoms with Crippen molar-refractivity contribution in [2.75, 3.05) is 14.2 Å². The molecule has 0 aliphatic carbocycles. The minimum atomic E-state index is -0.252. The molecule has 7 nitrogen and oxygen atoms in total. The number of rotatable bonds is 5. The third-order valence-electron chi connectivity index (χ3n) is 6.29. The van der Waals surface area contributed by atoms with Crippen molar-refractivity contribution in [2.24, 2.45) is 10.2 Å². The van der Waals surface area contributed by atoms with Crippen LogP contribution in [-0.2, 0) is 5.54 Å². The predicted molar refractivity (Wildman–Crippen MR) is 131 cm³/mol. The van der Waals surface area contributed by atoms with Gasteiger partial charge >= 0.3 is 0 Å². The van der Waals surface area contributed by atoms with Crippen LogP contribution in [0.1, 0.15) is 38.7 Å². The zero-order valence-electron chi connectivity index (χ0n) is 19.3. The molecule has 0 bridgehead atoms. The lowest BCUT2D eigenvalue weighted by atomic mass is 9.82. The Kier molecular flexibility index (Phi) is 5.12. The average molecular weight is 463 g/mol. The Bertz CT molecular complexity index is 1390. The molecule has 1 atom stereocenters. The molecule has 170 valence electrons. The fourth-order valence-corrected chi connectivity index (χ4v) is 5.49. The van der Waals surface area contributed by atoms with Crippen LogP contribution in [0, 0.1) is 0 Å². The summed E-state index contributed by atoms with van der Waals surface area (Å²) >= 11 is 1.40. The number of methoxy groups -OCH3 is 2. The fourth-order valence-electron chi connectivity index (χ4n) is 4.84. The van der Waals surface area contributed by atoms with Gasteiger partial charge in [0, 0.05) is 21.9 Å². The van der Waals surface area contributed by atoms with Gasteiger partial charge in [-0.05, 0) is 56.0 Å². The van der Waals surface area contributed by atoms with Gasteiger partial charge in [0.2, 0.25) is 11.0 Å². The Morgan fingerprint density at radius 3 is 2.67 bits per heavy atom. The number of thiazole rings is 1. The van der Waals surface area contributed by atoms with Gasteiger partial charge in [0.25, 0.3) is 0 Å². The summed E-state index contributed by atoms with van der Waals surface area (Å²) < 4.78 is 12.8. The molecule has 8 heteroatoms. The van der Waals surface area contributed by atoms with Crippen LogP contribution in [0.3, 0.4) is 0 Å².